The van der Waals surface area contributed by atoms with E-state index in [4.69, 9.17) is 10.5 Å². The number of halogens is 1. The first kappa shape index (κ1) is 25.4. The van der Waals surface area contributed by atoms with Crippen LogP contribution in [0.25, 0.3) is 0 Å². The van der Waals surface area contributed by atoms with E-state index in [2.05, 4.69) is 10.6 Å². The van der Waals surface area contributed by atoms with Crippen molar-refractivity contribution >= 4 is 17.7 Å². The third kappa shape index (κ3) is 8.26. The van der Waals surface area contributed by atoms with Gasteiger partial charge in [-0.05, 0) is 41.0 Å². The minimum atomic E-state index is -1.02. The number of nitrogens with one attached hydrogen (secondary N) is 2. The van der Waals surface area contributed by atoms with Crippen LogP contribution in [0.4, 0.5) is 4.39 Å². The average molecular weight is 478 g/mol. The highest BCUT2D eigenvalue weighted by Crippen LogP contribution is 2.17. The third-order valence-corrected chi connectivity index (χ3v) is 5.27. The molecule has 3 aromatic carbocycles. The van der Waals surface area contributed by atoms with Gasteiger partial charge in [0.15, 0.2) is 0 Å². The lowest BCUT2D eigenvalue weighted by molar-refractivity contribution is -0.130. The summed E-state index contributed by atoms with van der Waals surface area (Å²) in [5, 5.41) is 5.17. The van der Waals surface area contributed by atoms with Gasteiger partial charge in [-0.1, -0.05) is 54.6 Å². The van der Waals surface area contributed by atoms with E-state index in [1.54, 1.807) is 30.3 Å². The average Bonchev–Trinajstić information content (AvgIpc) is 2.82. The maximum Gasteiger partial charge on any atom is 0.243 e. The molecule has 3 amide bonds. The summed E-state index contributed by atoms with van der Waals surface area (Å²) in [5.74, 6) is -1.58. The van der Waals surface area contributed by atoms with Crippen LogP contribution < -0.4 is 21.1 Å². The number of ether oxygens (including phenoxy) is 1. The van der Waals surface area contributed by atoms with Crippen molar-refractivity contribution in [2.24, 2.45) is 5.73 Å². The maximum absolute atomic E-state index is 13.6. The molecule has 8 heteroatoms. The van der Waals surface area contributed by atoms with Crippen molar-refractivity contribution in [1.29, 1.82) is 0 Å². The zero-order valence-electron chi connectivity index (χ0n) is 19.4. The Hall–Kier alpha value is -4.20. The SMILES string of the molecule is CC(=O)N[C@@H](Cc1cccc(F)c1)C(=O)N[C@@H](Cc1cccc(OCc2ccccc2)c1)C(N)=O. The predicted molar refractivity (Wildman–Crippen MR) is 130 cm³/mol. The highest BCUT2D eigenvalue weighted by Gasteiger charge is 2.25. The minimum absolute atomic E-state index is 0.0530. The summed E-state index contributed by atoms with van der Waals surface area (Å²) in [4.78, 5) is 36.7. The van der Waals surface area contributed by atoms with Gasteiger partial charge in [0.2, 0.25) is 17.7 Å². The number of hydrogen-bond acceptors (Lipinski definition) is 4. The van der Waals surface area contributed by atoms with Crippen molar-refractivity contribution in [3.63, 3.8) is 0 Å². The molecule has 35 heavy (non-hydrogen) atoms. The predicted octanol–water partition coefficient (Wildman–Crippen LogP) is 2.66. The van der Waals surface area contributed by atoms with Crippen molar-refractivity contribution in [3.8, 4) is 5.75 Å². The molecular formula is C27H28FN3O4. The summed E-state index contributed by atoms with van der Waals surface area (Å²) in [5.41, 5.74) is 7.84. The molecule has 182 valence electrons. The normalized spacial score (nSPS) is 12.3. The van der Waals surface area contributed by atoms with E-state index in [0.717, 1.165) is 11.1 Å². The lowest BCUT2D eigenvalue weighted by Gasteiger charge is -2.22. The van der Waals surface area contributed by atoms with Gasteiger partial charge in [0.05, 0.1) is 0 Å². The van der Waals surface area contributed by atoms with Gasteiger partial charge in [-0.15, -0.1) is 0 Å². The summed E-state index contributed by atoms with van der Waals surface area (Å²) in [6.45, 7) is 1.66. The highest BCUT2D eigenvalue weighted by molar-refractivity contribution is 5.91. The van der Waals surface area contributed by atoms with Crippen molar-refractivity contribution in [2.75, 3.05) is 0 Å². The molecule has 0 unspecified atom stereocenters. The van der Waals surface area contributed by atoms with Gasteiger partial charge >= 0.3 is 0 Å². The van der Waals surface area contributed by atoms with Gasteiger partial charge in [-0.3, -0.25) is 14.4 Å². The number of nitrogens with two attached hydrogens (primary N) is 1. The van der Waals surface area contributed by atoms with Crippen LogP contribution in [0.2, 0.25) is 0 Å². The second-order valence-corrected chi connectivity index (χ2v) is 8.18. The van der Waals surface area contributed by atoms with Crippen molar-refractivity contribution in [3.05, 3.63) is 101 Å². The molecular weight excluding hydrogens is 449 g/mol. The molecule has 0 aliphatic rings. The van der Waals surface area contributed by atoms with Gasteiger partial charge in [0.1, 0.15) is 30.3 Å². The summed E-state index contributed by atoms with van der Waals surface area (Å²) in [7, 11) is 0. The first-order valence-electron chi connectivity index (χ1n) is 11.2. The number of primary amides is 1. The smallest absolute Gasteiger partial charge is 0.243 e. The molecule has 0 saturated carbocycles. The lowest BCUT2D eigenvalue weighted by atomic mass is 10.0. The van der Waals surface area contributed by atoms with Crippen LogP contribution in [-0.2, 0) is 33.8 Å². The number of amides is 3. The molecule has 0 radical (unpaired) electrons. The van der Waals surface area contributed by atoms with Crippen molar-refractivity contribution < 1.29 is 23.5 Å². The molecule has 0 bridgehead atoms. The van der Waals surface area contributed by atoms with Gasteiger partial charge in [0, 0.05) is 19.8 Å². The molecule has 3 aromatic rings. The van der Waals surface area contributed by atoms with Gasteiger partial charge in [-0.2, -0.15) is 0 Å². The fraction of sp³-hybridized carbons (Fsp3) is 0.222. The van der Waals surface area contributed by atoms with Crippen LogP contribution in [0, 0.1) is 5.82 Å². The van der Waals surface area contributed by atoms with Crippen molar-refractivity contribution in [2.45, 2.75) is 38.5 Å². The Morgan fingerprint density at radius 3 is 2.11 bits per heavy atom. The van der Waals surface area contributed by atoms with Crippen LogP contribution in [0.1, 0.15) is 23.6 Å². The Kier molecular flexibility index (Phi) is 8.95. The Bertz CT molecular complexity index is 1170. The fourth-order valence-corrected chi connectivity index (χ4v) is 3.59. The number of carbonyl (C=O) groups excluding carboxylic acids is 3. The largest absolute Gasteiger partial charge is 0.489 e. The Labute approximate surface area is 203 Å². The second kappa shape index (κ2) is 12.3. The number of rotatable bonds is 11. The van der Waals surface area contributed by atoms with Crippen LogP contribution >= 0.6 is 0 Å². The standard InChI is InChI=1S/C27H28FN3O4/c1-18(32)30-25(16-20-9-5-11-22(28)13-20)27(34)31-24(26(29)33)15-21-10-6-12-23(14-21)35-17-19-7-3-2-4-8-19/h2-14,24-25H,15-17H2,1H3,(H2,29,33)(H,30,32)(H,31,34)/t24-,25-/m0/s1. The number of carbonyl (C=O) groups is 3. The van der Waals surface area contributed by atoms with Crippen LogP contribution in [-0.4, -0.2) is 29.8 Å². The molecule has 0 saturated heterocycles. The third-order valence-electron chi connectivity index (χ3n) is 5.27. The molecule has 3 rings (SSSR count). The summed E-state index contributed by atoms with van der Waals surface area (Å²) in [6, 6.07) is 20.6. The van der Waals surface area contributed by atoms with Crippen LogP contribution in [0.5, 0.6) is 5.75 Å². The quantitative estimate of drug-likeness (QED) is 0.394. The molecule has 0 aliphatic carbocycles. The van der Waals surface area contributed by atoms with Crippen LogP contribution in [0.3, 0.4) is 0 Å². The molecule has 0 spiro atoms. The monoisotopic (exact) mass is 477 g/mol. The second-order valence-electron chi connectivity index (χ2n) is 8.18. The number of hydrogen-bond donors (Lipinski definition) is 3. The van der Waals surface area contributed by atoms with E-state index in [0.29, 0.717) is 17.9 Å². The molecule has 0 aliphatic heterocycles. The molecule has 2 atom stereocenters. The van der Waals surface area contributed by atoms with Crippen molar-refractivity contribution in [1.82, 2.24) is 10.6 Å². The topological polar surface area (TPSA) is 111 Å². The lowest BCUT2D eigenvalue weighted by Crippen LogP contribution is -2.54. The highest BCUT2D eigenvalue weighted by atomic mass is 19.1. The molecule has 4 N–H and O–H groups in total. The van der Waals surface area contributed by atoms with E-state index >= 15 is 0 Å². The zero-order chi connectivity index (χ0) is 25.2. The Morgan fingerprint density at radius 1 is 0.829 bits per heavy atom. The van der Waals surface area contributed by atoms with E-state index < -0.39 is 35.6 Å². The fourth-order valence-electron chi connectivity index (χ4n) is 3.59. The van der Waals surface area contributed by atoms with E-state index in [1.165, 1.54) is 25.1 Å². The minimum Gasteiger partial charge on any atom is -0.489 e. The Balaban J connectivity index is 1.67. The van der Waals surface area contributed by atoms with E-state index in [-0.39, 0.29) is 12.8 Å². The zero-order valence-corrected chi connectivity index (χ0v) is 19.4. The summed E-state index contributed by atoms with van der Waals surface area (Å²) < 4.78 is 19.4. The van der Waals surface area contributed by atoms with Gasteiger partial charge in [0.25, 0.3) is 0 Å². The molecule has 0 heterocycles. The van der Waals surface area contributed by atoms with E-state index in [9.17, 15) is 18.8 Å². The van der Waals surface area contributed by atoms with E-state index in [1.807, 2.05) is 30.3 Å². The van der Waals surface area contributed by atoms with Gasteiger partial charge < -0.3 is 21.1 Å². The molecule has 0 fully saturated rings. The number of benzene rings is 3. The maximum atomic E-state index is 13.6. The van der Waals surface area contributed by atoms with Gasteiger partial charge in [-0.25, -0.2) is 4.39 Å². The first-order chi connectivity index (χ1) is 16.8. The Morgan fingerprint density at radius 2 is 1.46 bits per heavy atom. The summed E-state index contributed by atoms with van der Waals surface area (Å²) in [6.07, 6.45) is 0.188. The summed E-state index contributed by atoms with van der Waals surface area (Å²) >= 11 is 0. The van der Waals surface area contributed by atoms with Crippen LogP contribution in [0.15, 0.2) is 78.9 Å². The molecule has 0 aromatic heterocycles. The first-order valence-corrected chi connectivity index (χ1v) is 11.2. The molecule has 7 nitrogen and oxygen atoms in total.